The van der Waals surface area contributed by atoms with Crippen LogP contribution < -0.4 is 4.74 Å². The van der Waals surface area contributed by atoms with Crippen molar-refractivity contribution < 1.29 is 24.3 Å². The third kappa shape index (κ3) is 3.68. The number of allylic oxidation sites excluding steroid dienone is 2. The number of hydrogen-bond acceptors (Lipinski definition) is 6. The number of carbonyl (C=O) groups is 2. The average Bonchev–Trinajstić information content (AvgIpc) is 3.05. The van der Waals surface area contributed by atoms with E-state index in [4.69, 9.17) is 9.57 Å². The first-order valence-corrected chi connectivity index (χ1v) is 10.3. The van der Waals surface area contributed by atoms with Crippen molar-refractivity contribution in [2.75, 3.05) is 13.2 Å². The van der Waals surface area contributed by atoms with Gasteiger partial charge in [0.15, 0.2) is 12.4 Å². The van der Waals surface area contributed by atoms with E-state index in [1.165, 1.54) is 0 Å². The number of ether oxygens (including phenoxy) is 1. The van der Waals surface area contributed by atoms with Crippen molar-refractivity contribution in [3.63, 3.8) is 0 Å². The molecular weight excluding hydrogens is 370 g/mol. The van der Waals surface area contributed by atoms with Gasteiger partial charge in [-0.05, 0) is 50.8 Å². The summed E-state index contributed by atoms with van der Waals surface area (Å²) in [7, 11) is 0. The maximum Gasteiger partial charge on any atom is 0.204 e. The van der Waals surface area contributed by atoms with Crippen LogP contribution in [0, 0.1) is 20.8 Å². The van der Waals surface area contributed by atoms with Gasteiger partial charge < -0.3 is 14.7 Å². The molecule has 6 heteroatoms. The molecule has 1 unspecified atom stereocenters. The molecule has 0 radical (unpaired) electrons. The minimum Gasteiger partial charge on any atom is -0.511 e. The summed E-state index contributed by atoms with van der Waals surface area (Å²) in [5.41, 5.74) is 5.25. The van der Waals surface area contributed by atoms with Gasteiger partial charge in [-0.2, -0.15) is 0 Å². The predicted octanol–water partition coefficient (Wildman–Crippen LogP) is 4.64. The van der Waals surface area contributed by atoms with Gasteiger partial charge in [0.1, 0.15) is 18.1 Å². The van der Waals surface area contributed by atoms with Crippen LogP contribution in [-0.4, -0.2) is 35.6 Å². The molecule has 1 N–H and O–H groups in total. The monoisotopic (exact) mass is 399 g/mol. The van der Waals surface area contributed by atoms with Crippen molar-refractivity contribution in [3.8, 4) is 5.75 Å². The van der Waals surface area contributed by atoms with E-state index in [0.29, 0.717) is 36.5 Å². The molecule has 2 aliphatic rings. The maximum absolute atomic E-state index is 13.0. The van der Waals surface area contributed by atoms with E-state index >= 15 is 0 Å². The molecule has 0 fully saturated rings. The zero-order chi connectivity index (χ0) is 21.3. The Bertz CT molecular complexity index is 926. The quantitative estimate of drug-likeness (QED) is 0.556. The normalized spacial score (nSPS) is 19.5. The topological polar surface area (TPSA) is 85.2 Å². The molecule has 1 atom stereocenters. The smallest absolute Gasteiger partial charge is 0.204 e. The summed E-state index contributed by atoms with van der Waals surface area (Å²) in [6.07, 6.45) is 1.90. The third-order valence-electron chi connectivity index (χ3n) is 5.93. The largest absolute Gasteiger partial charge is 0.511 e. The SMILES string of the molecule is CCCC(=NOCC)C1=C(O)CC(c2c(C)c(C)c(C)c3c2OCC3=O)CC1=O. The summed E-state index contributed by atoms with van der Waals surface area (Å²) in [6, 6.07) is 0. The Morgan fingerprint density at radius 2 is 1.83 bits per heavy atom. The van der Waals surface area contributed by atoms with Crippen LogP contribution in [0.5, 0.6) is 5.75 Å². The van der Waals surface area contributed by atoms with E-state index < -0.39 is 0 Å². The number of fused-ring (bicyclic) bond motifs is 1. The molecule has 1 heterocycles. The first-order valence-electron chi connectivity index (χ1n) is 10.3. The zero-order valence-electron chi connectivity index (χ0n) is 17.8. The molecule has 156 valence electrons. The van der Waals surface area contributed by atoms with Gasteiger partial charge in [-0.15, -0.1) is 0 Å². The number of Topliss-reactive ketones (excluding diaryl/α,β-unsaturated/α-hetero) is 2. The van der Waals surface area contributed by atoms with E-state index in [1.807, 2.05) is 34.6 Å². The third-order valence-corrected chi connectivity index (χ3v) is 5.93. The van der Waals surface area contributed by atoms with E-state index in [-0.39, 0.29) is 41.8 Å². The van der Waals surface area contributed by atoms with Crippen LogP contribution in [0.1, 0.15) is 78.1 Å². The minimum atomic E-state index is -0.236. The molecule has 1 aliphatic carbocycles. The number of ketones is 2. The van der Waals surface area contributed by atoms with Gasteiger partial charge in [-0.25, -0.2) is 0 Å². The number of nitrogens with zero attached hydrogens (tertiary/aromatic N) is 1. The van der Waals surface area contributed by atoms with Gasteiger partial charge in [0.2, 0.25) is 5.78 Å². The molecule has 3 rings (SSSR count). The molecule has 29 heavy (non-hydrogen) atoms. The summed E-state index contributed by atoms with van der Waals surface area (Å²) >= 11 is 0. The lowest BCUT2D eigenvalue weighted by Gasteiger charge is -2.28. The second-order valence-corrected chi connectivity index (χ2v) is 7.76. The van der Waals surface area contributed by atoms with E-state index in [1.54, 1.807) is 0 Å². The number of rotatable bonds is 6. The van der Waals surface area contributed by atoms with E-state index in [9.17, 15) is 14.7 Å². The van der Waals surface area contributed by atoms with Gasteiger partial charge in [-0.1, -0.05) is 18.5 Å². The predicted molar refractivity (Wildman–Crippen MR) is 111 cm³/mol. The van der Waals surface area contributed by atoms with Crippen molar-refractivity contribution in [2.45, 2.75) is 66.2 Å². The molecule has 1 aliphatic heterocycles. The Hall–Kier alpha value is -2.63. The van der Waals surface area contributed by atoms with Crippen LogP contribution in [0.25, 0.3) is 0 Å². The van der Waals surface area contributed by atoms with Gasteiger partial charge in [-0.3, -0.25) is 9.59 Å². The lowest BCUT2D eigenvalue weighted by atomic mass is 9.77. The molecule has 1 aromatic carbocycles. The van der Waals surface area contributed by atoms with Crippen LogP contribution in [0.15, 0.2) is 16.5 Å². The summed E-state index contributed by atoms with van der Waals surface area (Å²) < 4.78 is 5.75. The van der Waals surface area contributed by atoms with Crippen molar-refractivity contribution >= 4 is 17.3 Å². The van der Waals surface area contributed by atoms with Crippen LogP contribution in [0.3, 0.4) is 0 Å². The first kappa shape index (κ1) is 21.1. The van der Waals surface area contributed by atoms with Crippen molar-refractivity contribution in [2.24, 2.45) is 5.16 Å². The highest BCUT2D eigenvalue weighted by molar-refractivity contribution is 6.23. The first-order chi connectivity index (χ1) is 13.8. The number of carbonyl (C=O) groups excluding carboxylic acids is 2. The molecule has 0 saturated heterocycles. The second-order valence-electron chi connectivity index (χ2n) is 7.76. The van der Waals surface area contributed by atoms with Crippen molar-refractivity contribution in [1.82, 2.24) is 0 Å². The fourth-order valence-electron chi connectivity index (χ4n) is 4.35. The highest BCUT2D eigenvalue weighted by Crippen LogP contribution is 2.45. The standard InChI is InChI=1S/C23H29NO5/c1-6-8-16(24-29-7-2)22-17(25)9-15(10-18(22)26)20-13(4)12(3)14(5)21-19(27)11-28-23(20)21/h15,25H,6-11H2,1-5H3. The fraction of sp³-hybridized carbons (Fsp3) is 0.522. The Morgan fingerprint density at radius 1 is 1.10 bits per heavy atom. The summed E-state index contributed by atoms with van der Waals surface area (Å²) in [5, 5.41) is 14.9. The highest BCUT2D eigenvalue weighted by atomic mass is 16.6. The molecule has 0 aromatic heterocycles. The average molecular weight is 399 g/mol. The van der Waals surface area contributed by atoms with Crippen LogP contribution in [0.2, 0.25) is 0 Å². The molecule has 0 saturated carbocycles. The maximum atomic E-state index is 13.0. The number of aliphatic hydroxyl groups excluding tert-OH is 1. The van der Waals surface area contributed by atoms with E-state index in [0.717, 1.165) is 28.7 Å². The molecule has 6 nitrogen and oxygen atoms in total. The lowest BCUT2D eigenvalue weighted by molar-refractivity contribution is -0.116. The zero-order valence-corrected chi connectivity index (χ0v) is 17.8. The van der Waals surface area contributed by atoms with Crippen LogP contribution in [0.4, 0.5) is 0 Å². The van der Waals surface area contributed by atoms with E-state index in [2.05, 4.69) is 5.16 Å². The van der Waals surface area contributed by atoms with Crippen LogP contribution >= 0.6 is 0 Å². The molecule has 0 bridgehead atoms. The minimum absolute atomic E-state index is 0.0291. The van der Waals surface area contributed by atoms with Gasteiger partial charge in [0.25, 0.3) is 0 Å². The number of hydrogen-bond donors (Lipinski definition) is 1. The Labute approximate surface area is 171 Å². The van der Waals surface area contributed by atoms with Crippen LogP contribution in [-0.2, 0) is 9.63 Å². The molecular formula is C23H29NO5. The lowest BCUT2D eigenvalue weighted by Crippen LogP contribution is -2.25. The van der Waals surface area contributed by atoms with Gasteiger partial charge in [0.05, 0.1) is 16.8 Å². The summed E-state index contributed by atoms with van der Waals surface area (Å²) in [5.74, 6) is 0.204. The van der Waals surface area contributed by atoms with Crippen molar-refractivity contribution in [3.05, 3.63) is 39.1 Å². The Balaban J connectivity index is 2.05. The molecule has 0 spiro atoms. The van der Waals surface area contributed by atoms with Gasteiger partial charge in [0, 0.05) is 24.3 Å². The summed E-state index contributed by atoms with van der Waals surface area (Å²) in [6.45, 7) is 10.2. The fourth-order valence-corrected chi connectivity index (χ4v) is 4.35. The number of oxime groups is 1. The molecule has 0 amide bonds. The van der Waals surface area contributed by atoms with Crippen molar-refractivity contribution in [1.29, 1.82) is 0 Å². The molecule has 1 aromatic rings. The Kier molecular flexibility index (Phi) is 6.10. The summed E-state index contributed by atoms with van der Waals surface area (Å²) in [4.78, 5) is 30.5. The number of benzene rings is 1. The number of aliphatic hydroxyl groups is 1. The second kappa shape index (κ2) is 8.39. The Morgan fingerprint density at radius 3 is 2.45 bits per heavy atom. The highest BCUT2D eigenvalue weighted by Gasteiger charge is 2.37. The van der Waals surface area contributed by atoms with Gasteiger partial charge >= 0.3 is 0 Å².